The molecule has 10 heteroatoms. The van der Waals surface area contributed by atoms with Crippen LogP contribution in [0.15, 0.2) is 73.2 Å². The SMILES string of the molecule is COCC(=O)Nc1ccc(N2C(=S)N[C@@H](c3ccccn3)[C@H]2c2cc(C)n(Cc3ccncc3)c2C)cc1Cl. The van der Waals surface area contributed by atoms with Crippen molar-refractivity contribution < 1.29 is 9.53 Å². The molecule has 0 unspecified atom stereocenters. The van der Waals surface area contributed by atoms with Crippen molar-refractivity contribution >= 4 is 46.2 Å². The third kappa shape index (κ3) is 5.52. The number of benzene rings is 1. The summed E-state index contributed by atoms with van der Waals surface area (Å²) in [4.78, 5) is 22.9. The number of pyridine rings is 2. The van der Waals surface area contributed by atoms with Crippen LogP contribution in [0.5, 0.6) is 0 Å². The van der Waals surface area contributed by atoms with Gasteiger partial charge in [0.15, 0.2) is 5.11 Å². The van der Waals surface area contributed by atoms with Gasteiger partial charge in [0, 0.05) is 49.3 Å². The number of carbonyl (C=O) groups excluding carboxylic acids is 1. The van der Waals surface area contributed by atoms with Crippen molar-refractivity contribution in [2.75, 3.05) is 23.9 Å². The zero-order valence-corrected chi connectivity index (χ0v) is 23.5. The Bertz CT molecular complexity index is 1490. The van der Waals surface area contributed by atoms with Crippen LogP contribution in [-0.4, -0.2) is 39.3 Å². The molecule has 0 bridgehead atoms. The van der Waals surface area contributed by atoms with Gasteiger partial charge in [-0.1, -0.05) is 17.7 Å². The van der Waals surface area contributed by atoms with Gasteiger partial charge in [-0.15, -0.1) is 0 Å². The summed E-state index contributed by atoms with van der Waals surface area (Å²) in [6, 6.07) is 17.3. The quantitative estimate of drug-likeness (QED) is 0.281. The minimum atomic E-state index is -0.278. The molecule has 200 valence electrons. The first-order valence-corrected chi connectivity index (χ1v) is 13.3. The number of halogens is 1. The molecule has 0 radical (unpaired) electrons. The maximum atomic E-state index is 12.0. The lowest BCUT2D eigenvalue weighted by atomic mass is 9.96. The summed E-state index contributed by atoms with van der Waals surface area (Å²) in [5.41, 5.74) is 6.80. The van der Waals surface area contributed by atoms with E-state index in [2.05, 4.69) is 50.0 Å². The summed E-state index contributed by atoms with van der Waals surface area (Å²) in [5, 5.41) is 7.26. The van der Waals surface area contributed by atoms with Gasteiger partial charge in [0.1, 0.15) is 6.61 Å². The zero-order chi connectivity index (χ0) is 27.5. The molecule has 4 heterocycles. The fourth-order valence-electron chi connectivity index (χ4n) is 5.06. The lowest BCUT2D eigenvalue weighted by Gasteiger charge is -2.28. The molecule has 5 rings (SSSR count). The first-order valence-electron chi connectivity index (χ1n) is 12.5. The number of anilines is 2. The summed E-state index contributed by atoms with van der Waals surface area (Å²) in [7, 11) is 1.47. The normalized spacial score (nSPS) is 16.8. The third-order valence-electron chi connectivity index (χ3n) is 6.90. The Labute approximate surface area is 238 Å². The van der Waals surface area contributed by atoms with Gasteiger partial charge in [-0.25, -0.2) is 0 Å². The second-order valence-corrected chi connectivity index (χ2v) is 10.2. The van der Waals surface area contributed by atoms with Gasteiger partial charge in [-0.3, -0.25) is 14.8 Å². The highest BCUT2D eigenvalue weighted by Crippen LogP contribution is 2.44. The highest BCUT2D eigenvalue weighted by atomic mass is 35.5. The summed E-state index contributed by atoms with van der Waals surface area (Å²) in [6.45, 7) is 4.94. The Hall–Kier alpha value is -3.79. The van der Waals surface area contributed by atoms with Crippen molar-refractivity contribution in [1.82, 2.24) is 19.9 Å². The van der Waals surface area contributed by atoms with E-state index in [0.29, 0.717) is 15.8 Å². The molecule has 2 atom stereocenters. The van der Waals surface area contributed by atoms with Crippen LogP contribution in [-0.2, 0) is 16.1 Å². The molecule has 1 aliphatic heterocycles. The Balaban J connectivity index is 1.56. The molecular formula is C29H29ClN6O2S. The maximum Gasteiger partial charge on any atom is 0.250 e. The van der Waals surface area contributed by atoms with Crippen LogP contribution in [0.4, 0.5) is 11.4 Å². The number of hydrogen-bond donors (Lipinski definition) is 2. The number of carbonyl (C=O) groups is 1. The van der Waals surface area contributed by atoms with Crippen molar-refractivity contribution in [1.29, 1.82) is 0 Å². The fourth-order valence-corrected chi connectivity index (χ4v) is 5.63. The standard InChI is InChI=1S/C29H29ClN6O2S/c1-18-14-22(19(2)35(18)16-20-9-12-31-13-10-20)28-27(25-6-4-5-11-32-25)34-29(39)36(28)21-7-8-24(23(30)15-21)33-26(37)17-38-3/h4-15,27-28H,16-17H2,1-3H3,(H,33,37)(H,34,39)/t27-,28+/m0/s1. The maximum absolute atomic E-state index is 12.0. The van der Waals surface area contributed by atoms with Gasteiger partial charge in [0.2, 0.25) is 5.91 Å². The number of hydrogen-bond acceptors (Lipinski definition) is 5. The number of methoxy groups -OCH3 is 1. The summed E-state index contributed by atoms with van der Waals surface area (Å²) < 4.78 is 7.22. The molecule has 4 aromatic rings. The van der Waals surface area contributed by atoms with E-state index in [1.54, 1.807) is 12.3 Å². The van der Waals surface area contributed by atoms with Crippen molar-refractivity contribution in [2.45, 2.75) is 32.5 Å². The fraction of sp³-hybridized carbons (Fsp3) is 0.241. The van der Waals surface area contributed by atoms with Crippen LogP contribution in [0, 0.1) is 13.8 Å². The molecule has 1 aromatic carbocycles. The third-order valence-corrected chi connectivity index (χ3v) is 7.53. The number of aryl methyl sites for hydroxylation is 1. The van der Waals surface area contributed by atoms with E-state index in [0.717, 1.165) is 34.9 Å². The first-order chi connectivity index (χ1) is 18.9. The molecule has 0 spiro atoms. The van der Waals surface area contributed by atoms with Gasteiger partial charge in [0.05, 0.1) is 28.5 Å². The Morgan fingerprint density at radius 3 is 2.62 bits per heavy atom. The lowest BCUT2D eigenvalue weighted by Crippen LogP contribution is -2.29. The van der Waals surface area contributed by atoms with Crippen molar-refractivity contribution in [3.05, 3.63) is 106 Å². The largest absolute Gasteiger partial charge is 0.375 e. The topological polar surface area (TPSA) is 84.3 Å². The van der Waals surface area contributed by atoms with Crippen LogP contribution in [0.1, 0.15) is 40.3 Å². The summed E-state index contributed by atoms with van der Waals surface area (Å²) in [6.07, 6.45) is 5.42. The predicted octanol–water partition coefficient (Wildman–Crippen LogP) is 5.36. The first kappa shape index (κ1) is 26.8. The molecular weight excluding hydrogens is 532 g/mol. The molecule has 0 saturated carbocycles. The number of rotatable bonds is 8. The van der Waals surface area contributed by atoms with Crippen LogP contribution in [0.2, 0.25) is 5.02 Å². The molecule has 8 nitrogen and oxygen atoms in total. The molecule has 3 aromatic heterocycles. The minimum absolute atomic E-state index is 0.0544. The van der Waals surface area contributed by atoms with E-state index < -0.39 is 0 Å². The van der Waals surface area contributed by atoms with Crippen LogP contribution >= 0.6 is 23.8 Å². The smallest absolute Gasteiger partial charge is 0.250 e. The van der Waals surface area contributed by atoms with Crippen molar-refractivity contribution in [2.24, 2.45) is 0 Å². The van der Waals surface area contributed by atoms with E-state index in [1.807, 2.05) is 54.9 Å². The van der Waals surface area contributed by atoms with Gasteiger partial charge < -0.3 is 24.8 Å². The highest BCUT2D eigenvalue weighted by molar-refractivity contribution is 7.80. The van der Waals surface area contributed by atoms with Crippen molar-refractivity contribution in [3.63, 3.8) is 0 Å². The Morgan fingerprint density at radius 2 is 1.92 bits per heavy atom. The van der Waals surface area contributed by atoms with E-state index >= 15 is 0 Å². The zero-order valence-electron chi connectivity index (χ0n) is 21.9. The predicted molar refractivity (Wildman–Crippen MR) is 157 cm³/mol. The average Bonchev–Trinajstić information content (AvgIpc) is 3.42. The average molecular weight is 561 g/mol. The van der Waals surface area contributed by atoms with Crippen molar-refractivity contribution in [3.8, 4) is 0 Å². The van der Waals surface area contributed by atoms with E-state index in [4.69, 9.17) is 28.6 Å². The minimum Gasteiger partial charge on any atom is -0.375 e. The summed E-state index contributed by atoms with van der Waals surface area (Å²) >= 11 is 12.5. The Morgan fingerprint density at radius 1 is 1.13 bits per heavy atom. The number of ether oxygens (including phenoxy) is 1. The molecule has 0 aliphatic carbocycles. The number of thiocarbonyl (C=S) groups is 1. The number of nitrogens with one attached hydrogen (secondary N) is 2. The number of nitrogens with zero attached hydrogens (tertiary/aromatic N) is 4. The van der Waals surface area contributed by atoms with Crippen LogP contribution < -0.4 is 15.5 Å². The second kappa shape index (κ2) is 11.5. The molecule has 39 heavy (non-hydrogen) atoms. The van der Waals surface area contributed by atoms with Gasteiger partial charge in [-0.2, -0.15) is 0 Å². The van der Waals surface area contributed by atoms with E-state index in [9.17, 15) is 4.79 Å². The Kier molecular flexibility index (Phi) is 7.92. The van der Waals surface area contributed by atoms with Gasteiger partial charge >= 0.3 is 0 Å². The number of amides is 1. The van der Waals surface area contributed by atoms with Gasteiger partial charge in [-0.05, 0) is 85.7 Å². The summed E-state index contributed by atoms with van der Waals surface area (Å²) in [5.74, 6) is -0.278. The lowest BCUT2D eigenvalue weighted by molar-refractivity contribution is -0.119. The highest BCUT2D eigenvalue weighted by Gasteiger charge is 2.42. The van der Waals surface area contributed by atoms with E-state index in [1.165, 1.54) is 12.7 Å². The monoisotopic (exact) mass is 560 g/mol. The molecule has 1 amide bonds. The van der Waals surface area contributed by atoms with E-state index in [-0.39, 0.29) is 24.6 Å². The molecule has 2 N–H and O–H groups in total. The van der Waals surface area contributed by atoms with Gasteiger partial charge in [0.25, 0.3) is 0 Å². The molecule has 1 aliphatic rings. The number of aromatic nitrogens is 3. The second-order valence-electron chi connectivity index (χ2n) is 9.41. The molecule has 1 fully saturated rings. The van der Waals surface area contributed by atoms with Crippen LogP contribution in [0.25, 0.3) is 0 Å². The van der Waals surface area contributed by atoms with Crippen LogP contribution in [0.3, 0.4) is 0 Å². The molecule has 1 saturated heterocycles.